The van der Waals surface area contributed by atoms with Gasteiger partial charge in [0, 0.05) is 26.6 Å². The van der Waals surface area contributed by atoms with Crippen molar-refractivity contribution in [3.05, 3.63) is 0 Å². The highest BCUT2D eigenvalue weighted by Crippen LogP contribution is 2.25. The van der Waals surface area contributed by atoms with Crippen LogP contribution in [0.25, 0.3) is 0 Å². The lowest BCUT2D eigenvalue weighted by atomic mass is 9.88. The summed E-state index contributed by atoms with van der Waals surface area (Å²) in [4.78, 5) is 25.8. The van der Waals surface area contributed by atoms with Gasteiger partial charge in [0.05, 0.1) is 18.6 Å². The third-order valence-electron chi connectivity index (χ3n) is 4.40. The van der Waals surface area contributed by atoms with Crippen molar-refractivity contribution < 1.29 is 14.3 Å². The lowest BCUT2D eigenvalue weighted by Crippen LogP contribution is -2.54. The van der Waals surface area contributed by atoms with Crippen LogP contribution in [0.3, 0.4) is 0 Å². The fourth-order valence-electron chi connectivity index (χ4n) is 3.19. The molecule has 1 aliphatic carbocycles. The van der Waals surface area contributed by atoms with E-state index in [1.54, 1.807) is 19.1 Å². The van der Waals surface area contributed by atoms with Gasteiger partial charge in [0.25, 0.3) is 0 Å². The Balaban J connectivity index is 1.98. The van der Waals surface area contributed by atoms with E-state index < -0.39 is 0 Å². The molecule has 2 atom stereocenters. The van der Waals surface area contributed by atoms with E-state index in [4.69, 9.17) is 4.74 Å². The second-order valence-electron chi connectivity index (χ2n) is 5.66. The maximum absolute atomic E-state index is 12.4. The second kappa shape index (κ2) is 6.37. The minimum absolute atomic E-state index is 0.0910. The standard InChI is InChI=1S/C14H24N2O3/c1-16-12(9-19-2)11(7-8-13(16)17)14(18)15-10-5-3-4-6-10/h10-12H,3-9H2,1-2H3,(H,15,18)/t11-,12-/m1/s1. The van der Waals surface area contributed by atoms with Gasteiger partial charge in [-0.1, -0.05) is 12.8 Å². The van der Waals surface area contributed by atoms with Crippen molar-refractivity contribution in [1.29, 1.82) is 0 Å². The van der Waals surface area contributed by atoms with Crippen molar-refractivity contribution in [2.24, 2.45) is 5.92 Å². The van der Waals surface area contributed by atoms with Crippen LogP contribution in [0.1, 0.15) is 38.5 Å². The molecule has 5 heteroatoms. The molecule has 5 nitrogen and oxygen atoms in total. The number of hydrogen-bond donors (Lipinski definition) is 1. The molecular formula is C14H24N2O3. The number of piperidine rings is 1. The fraction of sp³-hybridized carbons (Fsp3) is 0.857. The average molecular weight is 268 g/mol. The van der Waals surface area contributed by atoms with Crippen LogP contribution < -0.4 is 5.32 Å². The third-order valence-corrected chi connectivity index (χ3v) is 4.40. The maximum atomic E-state index is 12.4. The highest BCUT2D eigenvalue weighted by Gasteiger charge is 2.38. The zero-order valence-corrected chi connectivity index (χ0v) is 11.9. The number of amides is 2. The van der Waals surface area contributed by atoms with Crippen LogP contribution in [0, 0.1) is 5.92 Å². The molecule has 1 saturated heterocycles. The predicted molar refractivity (Wildman–Crippen MR) is 71.6 cm³/mol. The Morgan fingerprint density at radius 1 is 1.37 bits per heavy atom. The molecule has 0 aromatic rings. The minimum atomic E-state index is -0.136. The van der Waals surface area contributed by atoms with Gasteiger partial charge >= 0.3 is 0 Å². The van der Waals surface area contributed by atoms with Crippen molar-refractivity contribution in [2.45, 2.75) is 50.6 Å². The normalized spacial score (nSPS) is 28.7. The van der Waals surface area contributed by atoms with Crippen molar-refractivity contribution in [1.82, 2.24) is 10.2 Å². The summed E-state index contributed by atoms with van der Waals surface area (Å²) in [6.07, 6.45) is 5.67. The summed E-state index contributed by atoms with van der Waals surface area (Å²) in [5, 5.41) is 3.14. The van der Waals surface area contributed by atoms with E-state index in [0.717, 1.165) is 12.8 Å². The Morgan fingerprint density at radius 2 is 2.05 bits per heavy atom. The van der Waals surface area contributed by atoms with Gasteiger partial charge in [-0.2, -0.15) is 0 Å². The van der Waals surface area contributed by atoms with Crippen molar-refractivity contribution >= 4 is 11.8 Å². The number of nitrogens with one attached hydrogen (secondary N) is 1. The molecule has 2 rings (SSSR count). The van der Waals surface area contributed by atoms with E-state index in [1.165, 1.54) is 12.8 Å². The molecule has 1 aliphatic heterocycles. The number of likely N-dealkylation sites (tertiary alicyclic amines) is 1. The fourth-order valence-corrected chi connectivity index (χ4v) is 3.19. The van der Waals surface area contributed by atoms with Crippen LogP contribution in [0.5, 0.6) is 0 Å². The number of likely N-dealkylation sites (N-methyl/N-ethyl adjacent to an activating group) is 1. The first-order valence-electron chi connectivity index (χ1n) is 7.18. The van der Waals surface area contributed by atoms with Crippen LogP contribution >= 0.6 is 0 Å². The van der Waals surface area contributed by atoms with Gasteiger partial charge in [-0.25, -0.2) is 0 Å². The van der Waals surface area contributed by atoms with Gasteiger partial charge in [-0.15, -0.1) is 0 Å². The first-order chi connectivity index (χ1) is 9.13. The summed E-state index contributed by atoms with van der Waals surface area (Å²) in [5.74, 6) is 0.0588. The number of carbonyl (C=O) groups is 2. The Hall–Kier alpha value is -1.10. The average Bonchev–Trinajstić information content (AvgIpc) is 2.88. The summed E-state index contributed by atoms with van der Waals surface area (Å²) in [6, 6.07) is 0.200. The van der Waals surface area contributed by atoms with Gasteiger partial charge in [0.1, 0.15) is 0 Å². The molecule has 0 aromatic heterocycles. The summed E-state index contributed by atoms with van der Waals surface area (Å²) in [5.41, 5.74) is 0. The molecule has 19 heavy (non-hydrogen) atoms. The maximum Gasteiger partial charge on any atom is 0.225 e. The van der Waals surface area contributed by atoms with E-state index in [2.05, 4.69) is 5.32 Å². The Labute approximate surface area is 114 Å². The molecule has 0 unspecified atom stereocenters. The Bertz CT molecular complexity index is 340. The number of methoxy groups -OCH3 is 1. The van der Waals surface area contributed by atoms with E-state index in [-0.39, 0.29) is 23.8 Å². The number of rotatable bonds is 4. The molecule has 1 saturated carbocycles. The topological polar surface area (TPSA) is 58.6 Å². The predicted octanol–water partition coefficient (Wildman–Crippen LogP) is 0.929. The second-order valence-corrected chi connectivity index (χ2v) is 5.66. The highest BCUT2D eigenvalue weighted by atomic mass is 16.5. The Kier molecular flexibility index (Phi) is 4.80. The molecule has 1 N–H and O–H groups in total. The molecule has 2 fully saturated rings. The molecule has 0 radical (unpaired) electrons. The number of nitrogens with zero attached hydrogens (tertiary/aromatic N) is 1. The molecular weight excluding hydrogens is 244 g/mol. The molecule has 0 bridgehead atoms. The van der Waals surface area contributed by atoms with E-state index in [1.807, 2.05) is 0 Å². The van der Waals surface area contributed by atoms with Crippen molar-refractivity contribution in [3.63, 3.8) is 0 Å². The lowest BCUT2D eigenvalue weighted by Gasteiger charge is -2.38. The first kappa shape index (κ1) is 14.3. The highest BCUT2D eigenvalue weighted by molar-refractivity contribution is 5.84. The smallest absolute Gasteiger partial charge is 0.225 e. The quantitative estimate of drug-likeness (QED) is 0.825. The largest absolute Gasteiger partial charge is 0.383 e. The Morgan fingerprint density at radius 3 is 2.68 bits per heavy atom. The van der Waals surface area contributed by atoms with Crippen molar-refractivity contribution in [3.8, 4) is 0 Å². The van der Waals surface area contributed by atoms with Gasteiger partial charge in [0.2, 0.25) is 11.8 Å². The van der Waals surface area contributed by atoms with Gasteiger partial charge in [-0.3, -0.25) is 9.59 Å². The van der Waals surface area contributed by atoms with E-state index in [0.29, 0.717) is 25.5 Å². The minimum Gasteiger partial charge on any atom is -0.383 e. The summed E-state index contributed by atoms with van der Waals surface area (Å²) in [6.45, 7) is 0.422. The van der Waals surface area contributed by atoms with Gasteiger partial charge in [0.15, 0.2) is 0 Å². The van der Waals surface area contributed by atoms with Crippen LogP contribution in [-0.4, -0.2) is 49.6 Å². The van der Waals surface area contributed by atoms with Crippen LogP contribution in [0.15, 0.2) is 0 Å². The van der Waals surface area contributed by atoms with Gasteiger partial charge < -0.3 is 15.0 Å². The van der Waals surface area contributed by atoms with E-state index >= 15 is 0 Å². The van der Waals surface area contributed by atoms with Crippen LogP contribution in [0.4, 0.5) is 0 Å². The van der Waals surface area contributed by atoms with Crippen LogP contribution in [-0.2, 0) is 14.3 Å². The number of hydrogen-bond acceptors (Lipinski definition) is 3. The lowest BCUT2D eigenvalue weighted by molar-refractivity contribution is -0.143. The monoisotopic (exact) mass is 268 g/mol. The molecule has 2 amide bonds. The number of ether oxygens (including phenoxy) is 1. The summed E-state index contributed by atoms with van der Waals surface area (Å²) >= 11 is 0. The van der Waals surface area contributed by atoms with Gasteiger partial charge in [-0.05, 0) is 19.3 Å². The molecule has 0 aromatic carbocycles. The summed E-state index contributed by atoms with van der Waals surface area (Å²) < 4.78 is 5.18. The zero-order chi connectivity index (χ0) is 13.8. The van der Waals surface area contributed by atoms with E-state index in [9.17, 15) is 9.59 Å². The number of carbonyl (C=O) groups excluding carboxylic acids is 2. The zero-order valence-electron chi connectivity index (χ0n) is 11.9. The van der Waals surface area contributed by atoms with Crippen LogP contribution in [0.2, 0.25) is 0 Å². The molecule has 108 valence electrons. The molecule has 0 spiro atoms. The SMILES string of the molecule is COC[C@@H]1[C@H](C(=O)NC2CCCC2)CCC(=O)N1C. The molecule has 1 heterocycles. The summed E-state index contributed by atoms with van der Waals surface area (Å²) in [7, 11) is 3.37. The third kappa shape index (κ3) is 3.26. The molecule has 2 aliphatic rings. The van der Waals surface area contributed by atoms with Crippen molar-refractivity contribution in [2.75, 3.05) is 20.8 Å². The first-order valence-corrected chi connectivity index (χ1v) is 7.18.